The molecule has 1 aliphatic heterocycles. The molecular formula is C8H14BNO4. The summed E-state index contributed by atoms with van der Waals surface area (Å²) in [6.45, 7) is 2.37. The topological polar surface area (TPSA) is 66.8 Å². The molecule has 0 radical (unpaired) electrons. The molecule has 1 fully saturated rings. The minimum atomic E-state index is -0.733. The lowest BCUT2D eigenvalue weighted by Gasteiger charge is -2.30. The maximum Gasteiger partial charge on any atom is 0.376 e. The number of methoxy groups -OCH3 is 1. The van der Waals surface area contributed by atoms with Crippen LogP contribution in [0.5, 0.6) is 0 Å². The zero-order chi connectivity index (χ0) is 10.7. The first-order valence-electron chi connectivity index (χ1n) is 4.59. The van der Waals surface area contributed by atoms with Crippen LogP contribution < -0.4 is 0 Å². The van der Waals surface area contributed by atoms with Gasteiger partial charge in [0.1, 0.15) is 11.7 Å². The Morgan fingerprint density at radius 3 is 2.86 bits per heavy atom. The highest BCUT2D eigenvalue weighted by Gasteiger charge is 2.35. The number of ketones is 1. The molecule has 1 atom stereocenters. The first kappa shape index (κ1) is 11.2. The van der Waals surface area contributed by atoms with Gasteiger partial charge in [0.05, 0.1) is 7.11 Å². The molecule has 0 spiro atoms. The first-order chi connectivity index (χ1) is 6.56. The fourth-order valence-corrected chi connectivity index (χ4v) is 1.54. The third-order valence-corrected chi connectivity index (χ3v) is 2.47. The van der Waals surface area contributed by atoms with Gasteiger partial charge in [-0.2, -0.15) is 0 Å². The summed E-state index contributed by atoms with van der Waals surface area (Å²) in [7, 11) is 0.631. The maximum absolute atomic E-state index is 11.4. The van der Waals surface area contributed by atoms with E-state index in [0.717, 1.165) is 0 Å². The molecule has 0 aromatic rings. The zero-order valence-electron chi connectivity index (χ0n) is 8.40. The van der Waals surface area contributed by atoms with Crippen LogP contribution in [-0.4, -0.2) is 48.8 Å². The van der Waals surface area contributed by atoms with E-state index < -0.39 is 18.9 Å². The predicted octanol–water partition coefficient (Wildman–Crippen LogP) is -0.839. The SMILES string of the molecule is COC(=O)C1CN(B(C)O)CCC1=O. The average molecular weight is 199 g/mol. The Hall–Kier alpha value is -0.875. The summed E-state index contributed by atoms with van der Waals surface area (Å²) in [5.74, 6) is -1.35. The molecule has 1 N–H and O–H groups in total. The number of piperidine rings is 1. The summed E-state index contributed by atoms with van der Waals surface area (Å²) in [5, 5.41) is 9.30. The number of rotatable bonds is 2. The van der Waals surface area contributed by atoms with Crippen molar-refractivity contribution >= 4 is 18.8 Å². The highest BCUT2D eigenvalue weighted by molar-refractivity contribution is 6.45. The van der Waals surface area contributed by atoms with Gasteiger partial charge < -0.3 is 14.6 Å². The number of hydrogen-bond acceptors (Lipinski definition) is 5. The molecule has 0 aromatic heterocycles. The van der Waals surface area contributed by atoms with Crippen molar-refractivity contribution in [3.63, 3.8) is 0 Å². The van der Waals surface area contributed by atoms with Crippen molar-refractivity contribution in [2.75, 3.05) is 20.2 Å². The van der Waals surface area contributed by atoms with Crippen LogP contribution in [0.25, 0.3) is 0 Å². The molecule has 0 amide bonds. The molecule has 1 aliphatic rings. The second-order valence-electron chi connectivity index (χ2n) is 3.42. The summed E-state index contributed by atoms with van der Waals surface area (Å²) in [4.78, 5) is 24.2. The van der Waals surface area contributed by atoms with Crippen molar-refractivity contribution in [3.8, 4) is 0 Å². The van der Waals surface area contributed by atoms with Gasteiger partial charge in [0.25, 0.3) is 0 Å². The van der Waals surface area contributed by atoms with Crippen molar-refractivity contribution in [1.82, 2.24) is 4.81 Å². The molecule has 0 aromatic carbocycles. The summed E-state index contributed by atoms with van der Waals surface area (Å²) in [6, 6.07) is 0. The number of Topliss-reactive ketones (excluding diaryl/α,β-unsaturated/α-hetero) is 1. The monoisotopic (exact) mass is 199 g/mol. The van der Waals surface area contributed by atoms with Crippen molar-refractivity contribution in [2.24, 2.45) is 5.92 Å². The Balaban J connectivity index is 2.64. The Morgan fingerprint density at radius 2 is 2.36 bits per heavy atom. The second kappa shape index (κ2) is 4.57. The van der Waals surface area contributed by atoms with Crippen LogP contribution in [0.2, 0.25) is 6.82 Å². The highest BCUT2D eigenvalue weighted by atomic mass is 16.5. The molecular weight excluding hydrogens is 185 g/mol. The van der Waals surface area contributed by atoms with Gasteiger partial charge in [-0.15, -0.1) is 0 Å². The highest BCUT2D eigenvalue weighted by Crippen LogP contribution is 2.14. The van der Waals surface area contributed by atoms with E-state index in [1.165, 1.54) is 7.11 Å². The molecule has 14 heavy (non-hydrogen) atoms. The lowest BCUT2D eigenvalue weighted by molar-refractivity contribution is -0.151. The van der Waals surface area contributed by atoms with Gasteiger partial charge in [-0.05, 0) is 13.4 Å². The van der Waals surface area contributed by atoms with E-state index in [1.54, 1.807) is 11.6 Å². The van der Waals surface area contributed by atoms with Crippen molar-refractivity contribution in [1.29, 1.82) is 0 Å². The molecule has 0 aliphatic carbocycles. The van der Waals surface area contributed by atoms with E-state index in [0.29, 0.717) is 13.0 Å². The Kier molecular flexibility index (Phi) is 3.65. The standard InChI is InChI=1S/C8H14BNO4/c1-9(13)10-4-3-7(11)6(5-10)8(12)14-2/h6,13H,3-5H2,1-2H3. The predicted molar refractivity (Wildman–Crippen MR) is 50.5 cm³/mol. The Bertz CT molecular complexity index is 235. The van der Waals surface area contributed by atoms with Gasteiger partial charge in [-0.3, -0.25) is 9.59 Å². The molecule has 6 heteroatoms. The zero-order valence-corrected chi connectivity index (χ0v) is 8.40. The lowest BCUT2D eigenvalue weighted by Crippen LogP contribution is -2.50. The van der Waals surface area contributed by atoms with Crippen molar-refractivity contribution in [2.45, 2.75) is 13.2 Å². The fourth-order valence-electron chi connectivity index (χ4n) is 1.54. The van der Waals surface area contributed by atoms with Gasteiger partial charge in [0.2, 0.25) is 0 Å². The lowest BCUT2D eigenvalue weighted by atomic mass is 9.80. The van der Waals surface area contributed by atoms with Crippen LogP contribution in [0.3, 0.4) is 0 Å². The summed E-state index contributed by atoms with van der Waals surface area (Å²) >= 11 is 0. The average Bonchev–Trinajstić information content (AvgIpc) is 2.17. The number of carbonyl (C=O) groups is 2. The molecule has 5 nitrogen and oxygen atoms in total. The van der Waals surface area contributed by atoms with E-state index in [-0.39, 0.29) is 12.3 Å². The van der Waals surface area contributed by atoms with E-state index in [1.807, 2.05) is 0 Å². The number of nitrogens with zero attached hydrogens (tertiary/aromatic N) is 1. The number of hydrogen-bond donors (Lipinski definition) is 1. The van der Waals surface area contributed by atoms with E-state index in [9.17, 15) is 14.6 Å². The molecule has 1 rings (SSSR count). The van der Waals surface area contributed by atoms with E-state index in [2.05, 4.69) is 4.74 Å². The molecule has 78 valence electrons. The van der Waals surface area contributed by atoms with Gasteiger partial charge in [0.15, 0.2) is 0 Å². The third kappa shape index (κ3) is 2.33. The Morgan fingerprint density at radius 1 is 1.71 bits per heavy atom. The normalized spacial score (nSPS) is 23.4. The smallest absolute Gasteiger partial charge is 0.376 e. The van der Waals surface area contributed by atoms with Gasteiger partial charge >= 0.3 is 13.0 Å². The quantitative estimate of drug-likeness (QED) is 0.357. The minimum Gasteiger partial charge on any atom is -0.468 e. The van der Waals surface area contributed by atoms with Crippen LogP contribution in [0, 0.1) is 5.92 Å². The largest absolute Gasteiger partial charge is 0.468 e. The van der Waals surface area contributed by atoms with Crippen LogP contribution in [0.15, 0.2) is 0 Å². The summed E-state index contributed by atoms with van der Waals surface area (Å²) in [6.07, 6.45) is 0.296. The minimum absolute atomic E-state index is 0.103. The van der Waals surface area contributed by atoms with Gasteiger partial charge in [-0.1, -0.05) is 0 Å². The summed E-state index contributed by atoms with van der Waals surface area (Å²) in [5.41, 5.74) is 0. The van der Waals surface area contributed by atoms with Crippen molar-refractivity contribution < 1.29 is 19.3 Å². The molecule has 1 unspecified atom stereocenters. The Labute approximate surface area is 83.2 Å². The van der Waals surface area contributed by atoms with Gasteiger partial charge in [-0.25, -0.2) is 0 Å². The van der Waals surface area contributed by atoms with Gasteiger partial charge in [0, 0.05) is 13.0 Å². The van der Waals surface area contributed by atoms with Crippen molar-refractivity contribution in [3.05, 3.63) is 0 Å². The van der Waals surface area contributed by atoms with Crippen LogP contribution >= 0.6 is 0 Å². The second-order valence-corrected chi connectivity index (χ2v) is 3.42. The number of carbonyl (C=O) groups excluding carboxylic acids is 2. The summed E-state index contributed by atoms with van der Waals surface area (Å²) < 4.78 is 4.52. The number of ether oxygens (including phenoxy) is 1. The molecule has 0 saturated carbocycles. The van der Waals surface area contributed by atoms with Crippen LogP contribution in [-0.2, 0) is 14.3 Å². The van der Waals surface area contributed by atoms with E-state index in [4.69, 9.17) is 0 Å². The van der Waals surface area contributed by atoms with Crippen LogP contribution in [0.4, 0.5) is 0 Å². The third-order valence-electron chi connectivity index (χ3n) is 2.47. The molecule has 1 saturated heterocycles. The molecule has 0 bridgehead atoms. The van der Waals surface area contributed by atoms with E-state index >= 15 is 0 Å². The molecule has 1 heterocycles. The fraction of sp³-hybridized carbons (Fsp3) is 0.750. The number of esters is 1. The van der Waals surface area contributed by atoms with Crippen LogP contribution in [0.1, 0.15) is 6.42 Å². The first-order valence-corrected chi connectivity index (χ1v) is 4.59. The maximum atomic E-state index is 11.4.